The van der Waals surface area contributed by atoms with Gasteiger partial charge < -0.3 is 4.74 Å². The Bertz CT molecular complexity index is 830. The van der Waals surface area contributed by atoms with Gasteiger partial charge in [-0.3, -0.25) is 0 Å². The maximum Gasteiger partial charge on any atom is 0.416 e. The molecule has 0 saturated heterocycles. The molecular formula is C20H16F3OS+. The number of benzene rings is 3. The van der Waals surface area contributed by atoms with Crippen molar-refractivity contribution in [2.75, 3.05) is 7.11 Å². The Balaban J connectivity index is 2.08. The molecule has 3 aromatic rings. The van der Waals surface area contributed by atoms with E-state index in [2.05, 4.69) is 0 Å². The van der Waals surface area contributed by atoms with Gasteiger partial charge in [0.25, 0.3) is 0 Å². The zero-order valence-corrected chi connectivity index (χ0v) is 14.3. The van der Waals surface area contributed by atoms with Gasteiger partial charge in [-0.1, -0.05) is 24.3 Å². The van der Waals surface area contributed by atoms with E-state index in [0.29, 0.717) is 0 Å². The summed E-state index contributed by atoms with van der Waals surface area (Å²) in [6.07, 6.45) is -4.33. The molecule has 25 heavy (non-hydrogen) atoms. The molecule has 0 aromatic heterocycles. The highest BCUT2D eigenvalue weighted by Gasteiger charge is 2.33. The van der Waals surface area contributed by atoms with Crippen molar-refractivity contribution in [3.63, 3.8) is 0 Å². The number of hydrogen-bond donors (Lipinski definition) is 0. The van der Waals surface area contributed by atoms with Gasteiger partial charge in [0, 0.05) is 6.07 Å². The Morgan fingerprint density at radius 1 is 0.720 bits per heavy atom. The maximum atomic E-state index is 12.9. The van der Waals surface area contributed by atoms with Gasteiger partial charge in [0.15, 0.2) is 14.7 Å². The van der Waals surface area contributed by atoms with E-state index in [4.69, 9.17) is 4.74 Å². The average molecular weight is 361 g/mol. The van der Waals surface area contributed by atoms with E-state index < -0.39 is 22.6 Å². The van der Waals surface area contributed by atoms with Gasteiger partial charge >= 0.3 is 6.18 Å². The lowest BCUT2D eigenvalue weighted by molar-refractivity contribution is -0.137. The molecule has 3 aromatic carbocycles. The molecule has 0 saturated carbocycles. The van der Waals surface area contributed by atoms with E-state index in [1.165, 1.54) is 0 Å². The topological polar surface area (TPSA) is 9.23 Å². The lowest BCUT2D eigenvalue weighted by Crippen LogP contribution is -2.08. The second-order valence-electron chi connectivity index (χ2n) is 5.32. The number of alkyl halides is 3. The van der Waals surface area contributed by atoms with Gasteiger partial charge in [0.1, 0.15) is 5.75 Å². The largest absolute Gasteiger partial charge is 0.497 e. The summed E-state index contributed by atoms with van der Waals surface area (Å²) in [7, 11) is 1.09. The van der Waals surface area contributed by atoms with Crippen LogP contribution < -0.4 is 4.74 Å². The van der Waals surface area contributed by atoms with Crippen molar-refractivity contribution in [3.05, 3.63) is 84.4 Å². The van der Waals surface area contributed by atoms with Crippen molar-refractivity contribution in [1.29, 1.82) is 0 Å². The molecule has 0 radical (unpaired) electrons. The van der Waals surface area contributed by atoms with Gasteiger partial charge in [-0.2, -0.15) is 13.2 Å². The molecule has 0 aliphatic heterocycles. The van der Waals surface area contributed by atoms with Crippen LogP contribution in [0.3, 0.4) is 0 Å². The van der Waals surface area contributed by atoms with Gasteiger partial charge in [-0.05, 0) is 48.5 Å². The van der Waals surface area contributed by atoms with Crippen LogP contribution in [0.1, 0.15) is 5.56 Å². The minimum atomic E-state index is -4.33. The van der Waals surface area contributed by atoms with E-state index in [1.807, 2.05) is 54.6 Å². The summed E-state index contributed by atoms with van der Waals surface area (Å²) in [4.78, 5) is 2.85. The van der Waals surface area contributed by atoms with Crippen molar-refractivity contribution in [2.45, 2.75) is 20.9 Å². The Labute approximate surface area is 147 Å². The fourth-order valence-electron chi connectivity index (χ4n) is 2.47. The molecule has 0 N–H and O–H groups in total. The Kier molecular flexibility index (Phi) is 5.04. The smallest absolute Gasteiger partial charge is 0.416 e. The monoisotopic (exact) mass is 361 g/mol. The van der Waals surface area contributed by atoms with Gasteiger partial charge in [-0.15, -0.1) is 0 Å². The van der Waals surface area contributed by atoms with Crippen molar-refractivity contribution in [3.8, 4) is 5.75 Å². The fraction of sp³-hybridized carbons (Fsp3) is 0.100. The number of rotatable bonds is 4. The third kappa shape index (κ3) is 3.99. The summed E-state index contributed by atoms with van der Waals surface area (Å²) < 4.78 is 43.8. The molecule has 0 heterocycles. The molecule has 3 rings (SSSR count). The van der Waals surface area contributed by atoms with Crippen LogP contribution in [-0.2, 0) is 17.1 Å². The lowest BCUT2D eigenvalue weighted by atomic mass is 10.2. The van der Waals surface area contributed by atoms with Gasteiger partial charge in [-0.25, -0.2) is 0 Å². The van der Waals surface area contributed by atoms with E-state index in [1.54, 1.807) is 19.2 Å². The maximum absolute atomic E-state index is 12.9. The first-order valence-corrected chi connectivity index (χ1v) is 8.82. The summed E-state index contributed by atoms with van der Waals surface area (Å²) >= 11 is 0. The number of halogens is 3. The molecule has 1 unspecified atom stereocenters. The van der Waals surface area contributed by atoms with Crippen LogP contribution in [0.15, 0.2) is 93.5 Å². The second-order valence-corrected chi connectivity index (χ2v) is 7.35. The third-order valence-electron chi connectivity index (χ3n) is 3.67. The summed E-state index contributed by atoms with van der Waals surface area (Å²) in [5.74, 6) is 0.720. The number of methoxy groups -OCH3 is 1. The van der Waals surface area contributed by atoms with Crippen molar-refractivity contribution in [1.82, 2.24) is 0 Å². The first kappa shape index (κ1) is 17.4. The molecular weight excluding hydrogens is 345 g/mol. The van der Waals surface area contributed by atoms with Crippen molar-refractivity contribution in [2.24, 2.45) is 0 Å². The van der Waals surface area contributed by atoms with Crippen molar-refractivity contribution < 1.29 is 17.9 Å². The average Bonchev–Trinajstić information content (AvgIpc) is 2.63. The minimum absolute atomic E-state index is 0.509. The lowest BCUT2D eigenvalue weighted by Gasteiger charge is -2.10. The zero-order chi connectivity index (χ0) is 17.9. The summed E-state index contributed by atoms with van der Waals surface area (Å²) in [5.41, 5.74) is -0.640. The standard InChI is InChI=1S/C20H16F3OS/c1-24-16-6-5-9-19(14-16)25(17-7-3-2-4-8-17)18-12-10-15(11-13-18)20(21,22)23/h2-14H,1H3/q+1. The number of ether oxygens (including phenoxy) is 1. The van der Waals surface area contributed by atoms with Crippen LogP contribution >= 0.6 is 0 Å². The van der Waals surface area contributed by atoms with E-state index in [9.17, 15) is 13.2 Å². The Morgan fingerprint density at radius 2 is 1.32 bits per heavy atom. The quantitative estimate of drug-likeness (QED) is 0.533. The molecule has 0 aliphatic rings. The highest BCUT2D eigenvalue weighted by Crippen LogP contribution is 2.35. The molecule has 0 bridgehead atoms. The number of hydrogen-bond acceptors (Lipinski definition) is 1. The Morgan fingerprint density at radius 3 is 1.92 bits per heavy atom. The van der Waals surface area contributed by atoms with Gasteiger partial charge in [0.05, 0.1) is 23.6 Å². The van der Waals surface area contributed by atoms with E-state index in [0.717, 1.165) is 32.6 Å². The first-order chi connectivity index (χ1) is 12.0. The van der Waals surface area contributed by atoms with Crippen LogP contribution in [-0.4, -0.2) is 7.11 Å². The molecule has 0 fully saturated rings. The molecule has 5 heteroatoms. The molecule has 0 amide bonds. The minimum Gasteiger partial charge on any atom is -0.497 e. The fourth-order valence-corrected chi connectivity index (χ4v) is 4.58. The molecule has 0 aliphatic carbocycles. The van der Waals surface area contributed by atoms with E-state index >= 15 is 0 Å². The van der Waals surface area contributed by atoms with Crippen LogP contribution in [0.2, 0.25) is 0 Å². The van der Waals surface area contributed by atoms with Crippen LogP contribution in [0.4, 0.5) is 13.2 Å². The SMILES string of the molecule is COc1cccc([S+](c2ccccc2)c2ccc(C(F)(F)F)cc2)c1. The normalized spacial score (nSPS) is 12.6. The highest BCUT2D eigenvalue weighted by atomic mass is 32.2. The molecule has 128 valence electrons. The Hall–Kier alpha value is -2.40. The second kappa shape index (κ2) is 7.23. The highest BCUT2D eigenvalue weighted by molar-refractivity contribution is 7.97. The third-order valence-corrected chi connectivity index (χ3v) is 5.89. The van der Waals surface area contributed by atoms with Crippen LogP contribution in [0, 0.1) is 0 Å². The summed E-state index contributed by atoms with van der Waals surface area (Å²) in [5, 5.41) is 0. The zero-order valence-electron chi connectivity index (χ0n) is 13.5. The predicted octanol–water partition coefficient (Wildman–Crippen LogP) is 5.81. The summed E-state index contributed by atoms with van der Waals surface area (Å²) in [6.45, 7) is 0. The summed E-state index contributed by atoms with van der Waals surface area (Å²) in [6, 6.07) is 22.8. The molecule has 1 atom stereocenters. The van der Waals surface area contributed by atoms with Gasteiger partial charge in [0.2, 0.25) is 0 Å². The van der Waals surface area contributed by atoms with Crippen LogP contribution in [0.25, 0.3) is 0 Å². The molecule has 0 spiro atoms. The molecule has 1 nitrogen and oxygen atoms in total. The van der Waals surface area contributed by atoms with Crippen molar-refractivity contribution >= 4 is 10.9 Å². The van der Waals surface area contributed by atoms with Crippen LogP contribution in [0.5, 0.6) is 5.75 Å². The first-order valence-electron chi connectivity index (χ1n) is 7.60. The predicted molar refractivity (Wildman–Crippen MR) is 93.0 cm³/mol. The van der Waals surface area contributed by atoms with E-state index in [-0.39, 0.29) is 0 Å².